The second-order valence-corrected chi connectivity index (χ2v) is 12.7. The fraction of sp³-hybridized carbons (Fsp3) is 0.455. The van der Waals surface area contributed by atoms with Crippen LogP contribution in [0, 0.1) is 26.3 Å². The molecular formula is C33H43N3O6S. The molecule has 3 atom stereocenters. The van der Waals surface area contributed by atoms with Crippen LogP contribution in [0.4, 0.5) is 4.79 Å². The highest BCUT2D eigenvalue weighted by molar-refractivity contribution is 7.80. The number of hydrogen-bond acceptors (Lipinski definition) is 7. The first-order valence-electron chi connectivity index (χ1n) is 14.0. The van der Waals surface area contributed by atoms with Gasteiger partial charge in [0.2, 0.25) is 5.91 Å². The molecule has 0 aliphatic heterocycles. The number of ether oxygens (including phenoxy) is 2. The van der Waals surface area contributed by atoms with Crippen LogP contribution in [0.1, 0.15) is 69.8 Å². The van der Waals surface area contributed by atoms with Crippen molar-refractivity contribution < 1.29 is 28.7 Å². The summed E-state index contributed by atoms with van der Waals surface area (Å²) in [4.78, 5) is 54.6. The second-order valence-electron chi connectivity index (χ2n) is 12.3. The molecule has 232 valence electrons. The third kappa shape index (κ3) is 11.3. The first kappa shape index (κ1) is 35.2. The zero-order valence-corrected chi connectivity index (χ0v) is 27.1. The van der Waals surface area contributed by atoms with Gasteiger partial charge in [0.25, 0.3) is 5.91 Å². The molecule has 3 amide bonds. The van der Waals surface area contributed by atoms with Crippen LogP contribution in [0.15, 0.2) is 48.5 Å². The standard InChI is InChI=1S/C33H43N3O6S/c1-10-36(29(38)26(20-43)35-31(40)42-33(7,8)9)27(24-17-21(2)16-22(3)18-24)28(37)34-25(30(39)41-32(4,5)6)19-23-14-12-11-13-15-23/h1,11-18,25-27,43H,19-20H2,2-9H3,(H,34,37)(H,35,40). The Bertz CT molecular complexity index is 1320. The summed E-state index contributed by atoms with van der Waals surface area (Å²) in [5.41, 5.74) is 1.28. The average molecular weight is 610 g/mol. The first-order chi connectivity index (χ1) is 19.9. The molecule has 0 heterocycles. The normalized spacial score (nSPS) is 13.5. The van der Waals surface area contributed by atoms with Crippen LogP contribution in [-0.2, 0) is 30.3 Å². The number of alkyl carbamates (subject to hydrolysis) is 1. The minimum atomic E-state index is -1.35. The van der Waals surface area contributed by atoms with Gasteiger partial charge in [0.1, 0.15) is 29.3 Å². The molecule has 0 fully saturated rings. The minimum absolute atomic E-state index is 0.119. The molecule has 3 unspecified atom stereocenters. The van der Waals surface area contributed by atoms with Crippen LogP contribution in [0.5, 0.6) is 0 Å². The number of benzene rings is 2. The maximum absolute atomic E-state index is 14.1. The molecule has 0 aliphatic carbocycles. The summed E-state index contributed by atoms with van der Waals surface area (Å²) in [5, 5.41) is 5.28. The number of hydrogen-bond donors (Lipinski definition) is 3. The Labute approximate surface area is 260 Å². The van der Waals surface area contributed by atoms with E-state index in [4.69, 9.17) is 15.9 Å². The van der Waals surface area contributed by atoms with Gasteiger partial charge in [-0.1, -0.05) is 66.1 Å². The van der Waals surface area contributed by atoms with Crippen molar-refractivity contribution in [3.8, 4) is 12.5 Å². The van der Waals surface area contributed by atoms with Crippen LogP contribution in [0.3, 0.4) is 0 Å². The zero-order chi connectivity index (χ0) is 32.5. The number of carbonyl (C=O) groups excluding carboxylic acids is 4. The maximum atomic E-state index is 14.1. The van der Waals surface area contributed by atoms with Gasteiger partial charge < -0.3 is 20.1 Å². The highest BCUT2D eigenvalue weighted by Gasteiger charge is 2.38. The SMILES string of the molecule is C#CN(C(=O)C(CS)NC(=O)OC(C)(C)C)C(C(=O)NC(Cc1ccccc1)C(=O)OC(C)(C)C)c1cc(C)cc(C)c1. The molecule has 2 aromatic rings. The molecule has 2 aromatic carbocycles. The van der Waals surface area contributed by atoms with Gasteiger partial charge in [0, 0.05) is 18.2 Å². The van der Waals surface area contributed by atoms with Crippen LogP contribution in [0.2, 0.25) is 0 Å². The molecular weight excluding hydrogens is 566 g/mol. The molecule has 2 rings (SSSR count). The Morgan fingerprint density at radius 2 is 1.44 bits per heavy atom. The third-order valence-corrected chi connectivity index (χ3v) is 6.27. The smallest absolute Gasteiger partial charge is 0.408 e. The van der Waals surface area contributed by atoms with Gasteiger partial charge in [-0.15, -0.1) is 0 Å². The molecule has 0 aromatic heterocycles. The molecule has 0 radical (unpaired) electrons. The highest BCUT2D eigenvalue weighted by atomic mass is 32.1. The van der Waals surface area contributed by atoms with Crippen molar-refractivity contribution in [2.24, 2.45) is 0 Å². The van der Waals surface area contributed by atoms with E-state index in [1.165, 1.54) is 0 Å². The lowest BCUT2D eigenvalue weighted by molar-refractivity contribution is -0.159. The second kappa shape index (κ2) is 15.0. The van der Waals surface area contributed by atoms with Crippen molar-refractivity contribution in [1.29, 1.82) is 0 Å². The third-order valence-electron chi connectivity index (χ3n) is 5.90. The highest BCUT2D eigenvalue weighted by Crippen LogP contribution is 2.25. The summed E-state index contributed by atoms with van der Waals surface area (Å²) >= 11 is 4.24. The van der Waals surface area contributed by atoms with Crippen molar-refractivity contribution in [3.05, 3.63) is 70.8 Å². The lowest BCUT2D eigenvalue weighted by Crippen LogP contribution is -2.54. The van der Waals surface area contributed by atoms with Crippen molar-refractivity contribution in [2.45, 2.75) is 91.1 Å². The zero-order valence-electron chi connectivity index (χ0n) is 26.2. The van der Waals surface area contributed by atoms with Crippen LogP contribution in [-0.4, -0.2) is 57.8 Å². The van der Waals surface area contributed by atoms with E-state index >= 15 is 0 Å². The number of amides is 3. The lowest BCUT2D eigenvalue weighted by atomic mass is 9.98. The van der Waals surface area contributed by atoms with Gasteiger partial charge in [-0.2, -0.15) is 12.6 Å². The molecule has 0 saturated heterocycles. The van der Waals surface area contributed by atoms with E-state index in [9.17, 15) is 19.2 Å². The Kier molecular flexibility index (Phi) is 12.3. The maximum Gasteiger partial charge on any atom is 0.408 e. The Balaban J connectivity index is 2.53. The molecule has 0 spiro atoms. The molecule has 43 heavy (non-hydrogen) atoms. The number of nitrogens with zero attached hydrogens (tertiary/aromatic N) is 1. The molecule has 9 nitrogen and oxygen atoms in total. The summed E-state index contributed by atoms with van der Waals surface area (Å²) in [6, 6.07) is 13.3. The van der Waals surface area contributed by atoms with Crippen LogP contribution < -0.4 is 10.6 Å². The molecule has 0 aliphatic rings. The van der Waals surface area contributed by atoms with E-state index in [-0.39, 0.29) is 12.2 Å². The summed E-state index contributed by atoms with van der Waals surface area (Å²) in [6.45, 7) is 14.0. The fourth-order valence-corrected chi connectivity index (χ4v) is 4.57. The molecule has 10 heteroatoms. The van der Waals surface area contributed by atoms with E-state index in [1.807, 2.05) is 50.2 Å². The number of nitrogens with one attached hydrogen (secondary N) is 2. The number of rotatable bonds is 10. The number of terminal acetylenes is 1. The molecule has 0 saturated carbocycles. The Morgan fingerprint density at radius 1 is 0.884 bits per heavy atom. The van der Waals surface area contributed by atoms with Gasteiger partial charge >= 0.3 is 12.1 Å². The number of carbonyl (C=O) groups is 4. The minimum Gasteiger partial charge on any atom is -0.458 e. The van der Waals surface area contributed by atoms with Crippen molar-refractivity contribution in [3.63, 3.8) is 0 Å². The van der Waals surface area contributed by atoms with E-state index < -0.39 is 53.2 Å². The summed E-state index contributed by atoms with van der Waals surface area (Å²) in [6.07, 6.45) is 5.17. The summed E-state index contributed by atoms with van der Waals surface area (Å²) in [5.74, 6) is -2.20. The first-order valence-corrected chi connectivity index (χ1v) is 14.6. The molecule has 0 bridgehead atoms. The topological polar surface area (TPSA) is 114 Å². The largest absolute Gasteiger partial charge is 0.458 e. The monoisotopic (exact) mass is 609 g/mol. The summed E-state index contributed by atoms with van der Waals surface area (Å²) in [7, 11) is 0. The van der Waals surface area contributed by atoms with Crippen molar-refractivity contribution in [1.82, 2.24) is 15.5 Å². The number of aryl methyl sites for hydroxylation is 2. The predicted molar refractivity (Wildman–Crippen MR) is 169 cm³/mol. The number of esters is 1. The van der Waals surface area contributed by atoms with E-state index in [0.717, 1.165) is 21.6 Å². The predicted octanol–water partition coefficient (Wildman–Crippen LogP) is 4.66. The van der Waals surface area contributed by atoms with Gasteiger partial charge in [-0.05, 0) is 66.5 Å². The van der Waals surface area contributed by atoms with E-state index in [2.05, 4.69) is 29.3 Å². The Hall–Kier alpha value is -3.97. The van der Waals surface area contributed by atoms with Gasteiger partial charge in [-0.25, -0.2) is 9.59 Å². The van der Waals surface area contributed by atoms with Gasteiger partial charge in [0.15, 0.2) is 0 Å². The van der Waals surface area contributed by atoms with Crippen molar-refractivity contribution in [2.75, 3.05) is 5.75 Å². The molecule has 2 N–H and O–H groups in total. The van der Waals surface area contributed by atoms with Gasteiger partial charge in [-0.3, -0.25) is 14.5 Å². The van der Waals surface area contributed by atoms with E-state index in [1.54, 1.807) is 53.7 Å². The average Bonchev–Trinajstić information content (AvgIpc) is 2.87. The van der Waals surface area contributed by atoms with Crippen LogP contribution in [0.25, 0.3) is 0 Å². The van der Waals surface area contributed by atoms with Crippen molar-refractivity contribution >= 4 is 36.5 Å². The van der Waals surface area contributed by atoms with E-state index in [0.29, 0.717) is 5.56 Å². The van der Waals surface area contributed by atoms with Gasteiger partial charge in [0.05, 0.1) is 0 Å². The summed E-state index contributed by atoms with van der Waals surface area (Å²) < 4.78 is 10.9. The Morgan fingerprint density at radius 3 is 1.93 bits per heavy atom. The lowest BCUT2D eigenvalue weighted by Gasteiger charge is -2.31. The quantitative estimate of drug-likeness (QED) is 0.156. The van der Waals surface area contributed by atoms with Crippen LogP contribution >= 0.6 is 12.6 Å². The fourth-order valence-electron chi connectivity index (χ4n) is 4.32. The number of thiol groups is 1.